The van der Waals surface area contributed by atoms with E-state index in [9.17, 15) is 0 Å². The summed E-state index contributed by atoms with van der Waals surface area (Å²) in [6, 6.07) is 0. The molecule has 0 aromatic heterocycles. The van der Waals surface area contributed by atoms with Crippen LogP contribution in [-0.2, 0) is 4.74 Å². The Balaban J connectivity index is 3.02. The molecule has 0 aromatic carbocycles. The van der Waals surface area contributed by atoms with E-state index in [0.717, 1.165) is 19.4 Å². The lowest BCUT2D eigenvalue weighted by Gasteiger charge is -2.17. The number of ether oxygens (including phenoxy) is 1. The van der Waals surface area contributed by atoms with Crippen molar-refractivity contribution in [1.82, 2.24) is 0 Å². The highest BCUT2D eigenvalue weighted by molar-refractivity contribution is 4.66. The normalized spacial score (nSPS) is 12.0. The van der Waals surface area contributed by atoms with E-state index in [2.05, 4.69) is 6.92 Å². The fraction of sp³-hybridized carbons (Fsp3) is 1.00. The quantitative estimate of drug-likeness (QED) is 0.369. The maximum absolute atomic E-state index is 5.33. The van der Waals surface area contributed by atoms with Gasteiger partial charge in [-0.1, -0.05) is 13.3 Å². The molecule has 0 rings (SSSR count). The number of rotatable bonds is 6. The molecule has 0 aliphatic rings. The van der Waals surface area contributed by atoms with Gasteiger partial charge in [-0.05, 0) is 6.42 Å². The van der Waals surface area contributed by atoms with Crippen LogP contribution in [0.2, 0.25) is 0 Å². The van der Waals surface area contributed by atoms with Crippen molar-refractivity contribution in [3.8, 4) is 0 Å². The van der Waals surface area contributed by atoms with Gasteiger partial charge >= 0.3 is 0 Å². The van der Waals surface area contributed by atoms with Crippen LogP contribution in [0.1, 0.15) is 26.2 Å². The summed E-state index contributed by atoms with van der Waals surface area (Å²) in [4.78, 5) is 0. The van der Waals surface area contributed by atoms with Crippen LogP contribution < -0.4 is 17.2 Å². The zero-order valence-electron chi connectivity index (χ0n) is 7.18. The summed E-state index contributed by atoms with van der Waals surface area (Å²) >= 11 is 0. The molecule has 0 saturated heterocycles. The number of nitrogens with two attached hydrogens (primary N) is 3. The molecule has 0 aliphatic carbocycles. The van der Waals surface area contributed by atoms with E-state index >= 15 is 0 Å². The van der Waals surface area contributed by atoms with Crippen LogP contribution >= 0.6 is 0 Å². The van der Waals surface area contributed by atoms with Crippen molar-refractivity contribution in [2.24, 2.45) is 17.2 Å². The van der Waals surface area contributed by atoms with Crippen LogP contribution in [0.25, 0.3) is 0 Å². The molecular weight excluding hydrogens is 142 g/mol. The van der Waals surface area contributed by atoms with E-state index in [4.69, 9.17) is 21.9 Å². The van der Waals surface area contributed by atoms with Gasteiger partial charge in [-0.25, -0.2) is 0 Å². The average Bonchev–Trinajstić information content (AvgIpc) is 1.85. The standard InChI is InChI=1S/C7H19N3O/c1-2-3-5-11-6-4-7(8,9)10/h2-6,8-10H2,1H3. The molecule has 0 unspecified atom stereocenters. The first-order valence-electron chi connectivity index (χ1n) is 4.00. The number of hydrogen-bond donors (Lipinski definition) is 3. The Labute approximate surface area is 68.1 Å². The number of hydrogen-bond acceptors (Lipinski definition) is 4. The van der Waals surface area contributed by atoms with Gasteiger partial charge in [0.2, 0.25) is 0 Å². The lowest BCUT2D eigenvalue weighted by molar-refractivity contribution is 0.113. The van der Waals surface area contributed by atoms with Gasteiger partial charge in [0.05, 0.1) is 6.61 Å². The van der Waals surface area contributed by atoms with E-state index in [1.165, 1.54) is 0 Å². The smallest absolute Gasteiger partial charge is 0.118 e. The molecule has 0 bridgehead atoms. The Kier molecular flexibility index (Phi) is 5.41. The van der Waals surface area contributed by atoms with Gasteiger partial charge in [-0.15, -0.1) is 0 Å². The predicted molar refractivity (Wildman–Crippen MR) is 45.6 cm³/mol. The molecule has 0 fully saturated rings. The van der Waals surface area contributed by atoms with Gasteiger partial charge in [0, 0.05) is 13.0 Å². The summed E-state index contributed by atoms with van der Waals surface area (Å²) in [5, 5.41) is 0. The van der Waals surface area contributed by atoms with Gasteiger partial charge in [0.15, 0.2) is 0 Å². The second kappa shape index (κ2) is 5.49. The van der Waals surface area contributed by atoms with Crippen LogP contribution in [0.4, 0.5) is 0 Å². The SMILES string of the molecule is CCCCOCCC(N)(N)N. The van der Waals surface area contributed by atoms with Crippen molar-refractivity contribution >= 4 is 0 Å². The second-order valence-corrected chi connectivity index (χ2v) is 2.83. The molecule has 0 aliphatic heterocycles. The Morgan fingerprint density at radius 3 is 2.27 bits per heavy atom. The average molecular weight is 161 g/mol. The van der Waals surface area contributed by atoms with E-state index in [-0.39, 0.29) is 0 Å². The Bertz CT molecular complexity index is 90.2. The summed E-state index contributed by atoms with van der Waals surface area (Å²) in [7, 11) is 0. The first-order valence-corrected chi connectivity index (χ1v) is 4.00. The van der Waals surface area contributed by atoms with E-state index < -0.39 is 5.79 Å². The molecule has 0 aromatic rings. The van der Waals surface area contributed by atoms with E-state index in [0.29, 0.717) is 13.0 Å². The van der Waals surface area contributed by atoms with Crippen LogP contribution in [-0.4, -0.2) is 19.0 Å². The largest absolute Gasteiger partial charge is 0.381 e. The molecule has 0 saturated carbocycles. The van der Waals surface area contributed by atoms with Crippen molar-refractivity contribution in [3.05, 3.63) is 0 Å². The fourth-order valence-electron chi connectivity index (χ4n) is 0.597. The molecule has 11 heavy (non-hydrogen) atoms. The van der Waals surface area contributed by atoms with Gasteiger partial charge < -0.3 is 21.9 Å². The Hall–Kier alpha value is -0.160. The third-order valence-electron chi connectivity index (χ3n) is 1.32. The fourth-order valence-corrected chi connectivity index (χ4v) is 0.597. The zero-order valence-corrected chi connectivity index (χ0v) is 7.18. The van der Waals surface area contributed by atoms with Crippen LogP contribution in [0.15, 0.2) is 0 Å². The number of unbranched alkanes of at least 4 members (excludes halogenated alkanes) is 1. The molecule has 0 heterocycles. The Morgan fingerprint density at radius 2 is 1.82 bits per heavy atom. The molecule has 6 N–H and O–H groups in total. The lowest BCUT2D eigenvalue weighted by Crippen LogP contribution is -2.58. The third-order valence-corrected chi connectivity index (χ3v) is 1.32. The van der Waals surface area contributed by atoms with Gasteiger partial charge in [-0.3, -0.25) is 0 Å². The zero-order chi connectivity index (χ0) is 8.74. The van der Waals surface area contributed by atoms with E-state index in [1.807, 2.05) is 0 Å². The summed E-state index contributed by atoms with van der Waals surface area (Å²) < 4.78 is 5.21. The molecular formula is C7H19N3O. The third kappa shape index (κ3) is 9.84. The van der Waals surface area contributed by atoms with Crippen molar-refractivity contribution in [3.63, 3.8) is 0 Å². The molecule has 0 amide bonds. The van der Waals surface area contributed by atoms with Crippen LogP contribution in [0.5, 0.6) is 0 Å². The summed E-state index contributed by atoms with van der Waals surface area (Å²) in [5.41, 5.74) is 16.0. The summed E-state index contributed by atoms with van der Waals surface area (Å²) in [6.07, 6.45) is 2.71. The van der Waals surface area contributed by atoms with Gasteiger partial charge in [0.25, 0.3) is 0 Å². The molecule has 4 nitrogen and oxygen atoms in total. The van der Waals surface area contributed by atoms with Crippen molar-refractivity contribution in [1.29, 1.82) is 0 Å². The van der Waals surface area contributed by atoms with E-state index in [1.54, 1.807) is 0 Å². The minimum Gasteiger partial charge on any atom is -0.381 e. The maximum atomic E-state index is 5.33. The van der Waals surface area contributed by atoms with Crippen LogP contribution in [0.3, 0.4) is 0 Å². The van der Waals surface area contributed by atoms with Crippen molar-refractivity contribution in [2.45, 2.75) is 32.0 Å². The minimum atomic E-state index is -1.08. The first-order chi connectivity index (χ1) is 5.06. The molecule has 0 spiro atoms. The van der Waals surface area contributed by atoms with Crippen molar-refractivity contribution in [2.75, 3.05) is 13.2 Å². The maximum Gasteiger partial charge on any atom is 0.118 e. The molecule has 0 radical (unpaired) electrons. The predicted octanol–water partition coefficient (Wildman–Crippen LogP) is -0.277. The molecule has 4 heteroatoms. The van der Waals surface area contributed by atoms with Gasteiger partial charge in [-0.2, -0.15) is 0 Å². The Morgan fingerprint density at radius 1 is 1.18 bits per heavy atom. The van der Waals surface area contributed by atoms with Crippen molar-refractivity contribution < 1.29 is 4.74 Å². The minimum absolute atomic E-state index is 0.497. The topological polar surface area (TPSA) is 87.3 Å². The molecule has 68 valence electrons. The highest BCUT2D eigenvalue weighted by atomic mass is 16.5. The highest BCUT2D eigenvalue weighted by Gasteiger charge is 2.09. The lowest BCUT2D eigenvalue weighted by atomic mass is 10.3. The van der Waals surface area contributed by atoms with Gasteiger partial charge in [0.1, 0.15) is 5.79 Å². The monoisotopic (exact) mass is 161 g/mol. The summed E-state index contributed by atoms with van der Waals surface area (Å²) in [6.45, 7) is 3.43. The second-order valence-electron chi connectivity index (χ2n) is 2.83. The summed E-state index contributed by atoms with van der Waals surface area (Å²) in [5.74, 6) is -1.08. The van der Waals surface area contributed by atoms with Crippen LogP contribution in [0, 0.1) is 0 Å². The highest BCUT2D eigenvalue weighted by Crippen LogP contribution is 1.92. The molecule has 0 atom stereocenters. The first kappa shape index (κ1) is 10.8.